The van der Waals surface area contributed by atoms with E-state index in [9.17, 15) is 9.59 Å². The average molecular weight is 423 g/mol. The molecule has 0 aliphatic heterocycles. The van der Waals surface area contributed by atoms with Crippen LogP contribution in [0.15, 0.2) is 102 Å². The summed E-state index contributed by atoms with van der Waals surface area (Å²) in [6, 6.07) is 29.5. The quantitative estimate of drug-likeness (QED) is 0.197. The fourth-order valence-electron chi connectivity index (χ4n) is 3.14. The summed E-state index contributed by atoms with van der Waals surface area (Å²) >= 11 is 0. The van der Waals surface area contributed by atoms with Crippen molar-refractivity contribution in [2.45, 2.75) is 0 Å². The van der Waals surface area contributed by atoms with Crippen molar-refractivity contribution in [3.8, 4) is 5.75 Å². The number of hydrogen-bond donors (Lipinski definition) is 2. The number of carbonyl (C=O) groups excluding carboxylic acids is 2. The Morgan fingerprint density at radius 1 is 0.812 bits per heavy atom. The maximum atomic E-state index is 12.1. The molecular formula is C26H21N3O3. The summed E-state index contributed by atoms with van der Waals surface area (Å²) < 4.78 is 5.34. The number of nitrogens with zero attached hydrogens (tertiary/aromatic N) is 1. The fraction of sp³-hybridized carbons (Fsp3) is 0.0385. The van der Waals surface area contributed by atoms with Crippen molar-refractivity contribution in [2.75, 3.05) is 11.9 Å². The van der Waals surface area contributed by atoms with Crippen LogP contribution >= 0.6 is 0 Å². The lowest BCUT2D eigenvalue weighted by atomic mass is 10.1. The van der Waals surface area contributed by atoms with Crippen LogP contribution in [0.3, 0.4) is 0 Å². The SMILES string of the molecule is O=C(CNc1cccc2ccccc12)N/N=C/c1ccc(OC(=O)c2ccccc2)cc1. The molecule has 0 saturated heterocycles. The first-order chi connectivity index (χ1) is 15.7. The van der Waals surface area contributed by atoms with Gasteiger partial charge in [0.15, 0.2) is 0 Å². The topological polar surface area (TPSA) is 79.8 Å². The van der Waals surface area contributed by atoms with Gasteiger partial charge >= 0.3 is 5.97 Å². The second kappa shape index (κ2) is 10.0. The molecule has 0 aromatic heterocycles. The number of anilines is 1. The predicted molar refractivity (Wildman–Crippen MR) is 126 cm³/mol. The van der Waals surface area contributed by atoms with Gasteiger partial charge in [-0.2, -0.15) is 5.10 Å². The standard InChI is InChI=1S/C26H21N3O3/c30-25(18-27-24-12-6-10-20-7-4-5-11-23(20)24)29-28-17-19-13-15-22(16-14-19)32-26(31)21-8-2-1-3-9-21/h1-17,27H,18H2,(H,29,30)/b28-17+. The van der Waals surface area contributed by atoms with Crippen LogP contribution in [-0.2, 0) is 4.79 Å². The van der Waals surface area contributed by atoms with E-state index in [1.54, 1.807) is 48.5 Å². The van der Waals surface area contributed by atoms with Gasteiger partial charge in [0.25, 0.3) is 5.91 Å². The summed E-state index contributed by atoms with van der Waals surface area (Å²) in [5.41, 5.74) is 4.63. The zero-order chi connectivity index (χ0) is 22.2. The van der Waals surface area contributed by atoms with E-state index in [1.807, 2.05) is 48.5 Å². The molecule has 4 aromatic carbocycles. The van der Waals surface area contributed by atoms with Crippen molar-refractivity contribution in [1.29, 1.82) is 0 Å². The maximum absolute atomic E-state index is 12.1. The van der Waals surface area contributed by atoms with Gasteiger partial charge in [0.05, 0.1) is 18.3 Å². The zero-order valence-electron chi connectivity index (χ0n) is 17.2. The normalized spacial score (nSPS) is 10.8. The highest BCUT2D eigenvalue weighted by Gasteiger charge is 2.07. The molecule has 4 rings (SSSR count). The molecule has 0 spiro atoms. The van der Waals surface area contributed by atoms with Crippen molar-refractivity contribution < 1.29 is 14.3 Å². The smallest absolute Gasteiger partial charge is 0.343 e. The lowest BCUT2D eigenvalue weighted by Gasteiger charge is -2.08. The third kappa shape index (κ3) is 5.37. The Hall–Kier alpha value is -4.45. The van der Waals surface area contributed by atoms with Crippen molar-refractivity contribution in [3.05, 3.63) is 108 Å². The highest BCUT2D eigenvalue weighted by Crippen LogP contribution is 2.22. The van der Waals surface area contributed by atoms with E-state index in [4.69, 9.17) is 4.74 Å². The largest absolute Gasteiger partial charge is 0.423 e. The second-order valence-corrected chi connectivity index (χ2v) is 7.00. The monoisotopic (exact) mass is 423 g/mol. The number of fused-ring (bicyclic) bond motifs is 1. The fourth-order valence-corrected chi connectivity index (χ4v) is 3.14. The molecule has 0 fully saturated rings. The number of nitrogens with one attached hydrogen (secondary N) is 2. The first-order valence-electron chi connectivity index (χ1n) is 10.1. The third-order valence-corrected chi connectivity index (χ3v) is 4.73. The Morgan fingerprint density at radius 3 is 2.34 bits per heavy atom. The summed E-state index contributed by atoms with van der Waals surface area (Å²) in [6.45, 7) is 0.0969. The molecule has 0 aliphatic carbocycles. The minimum atomic E-state index is -0.419. The van der Waals surface area contributed by atoms with Gasteiger partial charge in [0, 0.05) is 11.1 Å². The van der Waals surface area contributed by atoms with E-state index in [0.29, 0.717) is 11.3 Å². The lowest BCUT2D eigenvalue weighted by molar-refractivity contribution is -0.119. The van der Waals surface area contributed by atoms with Gasteiger partial charge < -0.3 is 10.1 Å². The molecular weight excluding hydrogens is 402 g/mol. The second-order valence-electron chi connectivity index (χ2n) is 7.00. The molecule has 0 saturated carbocycles. The summed E-state index contributed by atoms with van der Waals surface area (Å²) in [7, 11) is 0. The van der Waals surface area contributed by atoms with Crippen LogP contribution in [-0.4, -0.2) is 24.6 Å². The summed E-state index contributed by atoms with van der Waals surface area (Å²) in [4.78, 5) is 24.2. The predicted octanol–water partition coefficient (Wildman–Crippen LogP) is 4.62. The third-order valence-electron chi connectivity index (χ3n) is 4.73. The Kier molecular flexibility index (Phi) is 6.53. The number of benzene rings is 4. The Labute approximate surface area is 185 Å². The summed E-state index contributed by atoms with van der Waals surface area (Å²) in [6.07, 6.45) is 1.53. The molecule has 32 heavy (non-hydrogen) atoms. The number of hydrazone groups is 1. The van der Waals surface area contributed by atoms with Crippen molar-refractivity contribution >= 4 is 34.6 Å². The molecule has 6 nitrogen and oxygen atoms in total. The Balaban J connectivity index is 1.27. The number of esters is 1. The lowest BCUT2D eigenvalue weighted by Crippen LogP contribution is -2.25. The first-order valence-corrected chi connectivity index (χ1v) is 10.1. The number of carbonyl (C=O) groups is 2. The van der Waals surface area contributed by atoms with Gasteiger partial charge in [-0.25, -0.2) is 10.2 Å². The number of hydrogen-bond acceptors (Lipinski definition) is 5. The van der Waals surface area contributed by atoms with E-state index < -0.39 is 5.97 Å². The van der Waals surface area contributed by atoms with E-state index >= 15 is 0 Å². The first kappa shape index (κ1) is 20.8. The zero-order valence-corrected chi connectivity index (χ0v) is 17.2. The Morgan fingerprint density at radius 2 is 1.53 bits per heavy atom. The molecule has 2 N–H and O–H groups in total. The van der Waals surface area contributed by atoms with Crippen LogP contribution in [0, 0.1) is 0 Å². The van der Waals surface area contributed by atoms with Crippen LogP contribution < -0.4 is 15.5 Å². The molecule has 0 unspecified atom stereocenters. The minimum absolute atomic E-state index is 0.0969. The van der Waals surface area contributed by atoms with Gasteiger partial charge in [-0.1, -0.05) is 54.6 Å². The molecule has 158 valence electrons. The number of amides is 1. The van der Waals surface area contributed by atoms with Crippen LogP contribution in [0.5, 0.6) is 5.75 Å². The van der Waals surface area contributed by atoms with Crippen LogP contribution in [0.4, 0.5) is 5.69 Å². The van der Waals surface area contributed by atoms with E-state index in [1.165, 1.54) is 6.21 Å². The summed E-state index contributed by atoms with van der Waals surface area (Å²) in [5.74, 6) is -0.250. The van der Waals surface area contributed by atoms with Gasteiger partial charge in [-0.05, 0) is 53.4 Å². The average Bonchev–Trinajstić information content (AvgIpc) is 2.84. The van der Waals surface area contributed by atoms with Gasteiger partial charge in [-0.15, -0.1) is 0 Å². The molecule has 0 radical (unpaired) electrons. The highest BCUT2D eigenvalue weighted by molar-refractivity contribution is 5.95. The van der Waals surface area contributed by atoms with E-state index in [2.05, 4.69) is 15.8 Å². The molecule has 0 heterocycles. The van der Waals surface area contributed by atoms with E-state index in [-0.39, 0.29) is 12.5 Å². The van der Waals surface area contributed by atoms with Gasteiger partial charge in [-0.3, -0.25) is 4.79 Å². The van der Waals surface area contributed by atoms with Gasteiger partial charge in [0.1, 0.15) is 5.75 Å². The molecule has 1 amide bonds. The van der Waals surface area contributed by atoms with Crippen LogP contribution in [0.25, 0.3) is 10.8 Å². The van der Waals surface area contributed by atoms with Crippen molar-refractivity contribution in [3.63, 3.8) is 0 Å². The molecule has 6 heteroatoms. The summed E-state index contributed by atoms with van der Waals surface area (Å²) in [5, 5.41) is 9.28. The number of ether oxygens (including phenoxy) is 1. The van der Waals surface area contributed by atoms with E-state index in [0.717, 1.165) is 22.0 Å². The molecule has 0 atom stereocenters. The van der Waals surface area contributed by atoms with Crippen molar-refractivity contribution in [1.82, 2.24) is 5.43 Å². The van der Waals surface area contributed by atoms with Crippen LogP contribution in [0.2, 0.25) is 0 Å². The highest BCUT2D eigenvalue weighted by atomic mass is 16.5. The van der Waals surface area contributed by atoms with Gasteiger partial charge in [0.2, 0.25) is 0 Å². The number of rotatable bonds is 7. The van der Waals surface area contributed by atoms with Crippen LogP contribution in [0.1, 0.15) is 15.9 Å². The minimum Gasteiger partial charge on any atom is -0.423 e. The molecule has 4 aromatic rings. The molecule has 0 bridgehead atoms. The molecule has 0 aliphatic rings. The maximum Gasteiger partial charge on any atom is 0.343 e. The van der Waals surface area contributed by atoms with Crippen molar-refractivity contribution in [2.24, 2.45) is 5.10 Å². The Bertz CT molecular complexity index is 1250.